The van der Waals surface area contributed by atoms with Crippen LogP contribution in [0.15, 0.2) is 46.3 Å². The molecule has 0 bridgehead atoms. The summed E-state index contributed by atoms with van der Waals surface area (Å²) in [4.78, 5) is 13.7. The summed E-state index contributed by atoms with van der Waals surface area (Å²) in [5, 5.41) is 0. The third kappa shape index (κ3) is 3.36. The van der Waals surface area contributed by atoms with Gasteiger partial charge in [-0.1, -0.05) is 15.9 Å². The molecule has 0 saturated heterocycles. The fraction of sp³-hybridized carbons (Fsp3) is 0.214. The van der Waals surface area contributed by atoms with E-state index < -0.39 is 0 Å². The number of nitrogen functional groups attached to an aromatic ring is 1. The molecule has 2 aromatic heterocycles. The number of thioether (sulfide) groups is 1. The molecule has 2 N–H and O–H groups in total. The van der Waals surface area contributed by atoms with Crippen LogP contribution >= 0.6 is 27.7 Å². The molecule has 21 heavy (non-hydrogen) atoms. The lowest BCUT2D eigenvalue weighted by Gasteiger charge is -2.04. The Morgan fingerprint density at radius 3 is 2.76 bits per heavy atom. The summed E-state index contributed by atoms with van der Waals surface area (Å²) in [5.74, 6) is 1.48. The van der Waals surface area contributed by atoms with Crippen molar-refractivity contribution in [3.8, 4) is 0 Å². The average Bonchev–Trinajstić information content (AvgIpc) is 2.90. The Morgan fingerprint density at radius 1 is 1.14 bits per heavy atom. The third-order valence-corrected chi connectivity index (χ3v) is 4.68. The van der Waals surface area contributed by atoms with Crippen LogP contribution in [-0.2, 0) is 6.54 Å². The van der Waals surface area contributed by atoms with Crippen molar-refractivity contribution in [1.82, 2.24) is 19.5 Å². The van der Waals surface area contributed by atoms with E-state index in [1.165, 1.54) is 11.2 Å². The minimum atomic E-state index is 0.433. The fourth-order valence-electron chi connectivity index (χ4n) is 2.02. The van der Waals surface area contributed by atoms with Crippen molar-refractivity contribution in [3.05, 3.63) is 41.4 Å². The molecular weight excluding hydrogens is 350 g/mol. The van der Waals surface area contributed by atoms with E-state index >= 15 is 0 Å². The molecule has 0 fully saturated rings. The van der Waals surface area contributed by atoms with Crippen molar-refractivity contribution in [2.24, 2.45) is 0 Å². The maximum atomic E-state index is 5.78. The highest BCUT2D eigenvalue weighted by atomic mass is 79.9. The highest BCUT2D eigenvalue weighted by molar-refractivity contribution is 9.10. The number of aromatic nitrogens is 4. The standard InChI is InChI=1S/C14H14BrN5S/c15-10-2-4-11(5-3-10)21-7-1-6-20-9-19-12-13(16)17-8-18-14(12)20/h2-5,8-9H,1,6-7H2,(H2,16,17,18). The molecular formula is C14H14BrN5S. The summed E-state index contributed by atoms with van der Waals surface area (Å²) >= 11 is 5.29. The number of nitrogens with two attached hydrogens (primary N) is 1. The lowest BCUT2D eigenvalue weighted by Crippen LogP contribution is -2.00. The molecule has 7 heteroatoms. The van der Waals surface area contributed by atoms with Crippen LogP contribution in [0, 0.1) is 0 Å². The first-order valence-corrected chi connectivity index (χ1v) is 8.31. The summed E-state index contributed by atoms with van der Waals surface area (Å²) in [6.45, 7) is 0.872. The summed E-state index contributed by atoms with van der Waals surface area (Å²) in [6, 6.07) is 8.36. The zero-order valence-corrected chi connectivity index (χ0v) is 13.6. The van der Waals surface area contributed by atoms with Crippen LogP contribution in [0.3, 0.4) is 0 Å². The minimum Gasteiger partial charge on any atom is -0.382 e. The van der Waals surface area contributed by atoms with Crippen LogP contribution in [0.5, 0.6) is 0 Å². The number of fused-ring (bicyclic) bond motifs is 1. The molecule has 1 aromatic carbocycles. The molecule has 0 unspecified atom stereocenters. The highest BCUT2D eigenvalue weighted by Crippen LogP contribution is 2.22. The number of benzene rings is 1. The molecule has 2 heterocycles. The summed E-state index contributed by atoms with van der Waals surface area (Å²) in [6.07, 6.45) is 4.29. The number of imidazole rings is 1. The predicted molar refractivity (Wildman–Crippen MR) is 89.2 cm³/mol. The Bertz CT molecular complexity index is 741. The van der Waals surface area contributed by atoms with Gasteiger partial charge in [0, 0.05) is 15.9 Å². The van der Waals surface area contributed by atoms with Gasteiger partial charge in [-0.05, 0) is 36.4 Å². The highest BCUT2D eigenvalue weighted by Gasteiger charge is 2.07. The Hall–Kier alpha value is -1.60. The van der Waals surface area contributed by atoms with E-state index in [-0.39, 0.29) is 0 Å². The van der Waals surface area contributed by atoms with Gasteiger partial charge in [0.25, 0.3) is 0 Å². The van der Waals surface area contributed by atoms with Gasteiger partial charge < -0.3 is 10.3 Å². The van der Waals surface area contributed by atoms with Gasteiger partial charge in [-0.15, -0.1) is 11.8 Å². The number of nitrogens with zero attached hydrogens (tertiary/aromatic N) is 4. The summed E-state index contributed by atoms with van der Waals surface area (Å²) in [5.41, 5.74) is 7.26. The Balaban J connectivity index is 1.57. The molecule has 108 valence electrons. The van der Waals surface area contributed by atoms with Gasteiger partial charge in [0.05, 0.1) is 6.33 Å². The molecule has 0 aliphatic carbocycles. The van der Waals surface area contributed by atoms with Crippen molar-refractivity contribution < 1.29 is 0 Å². The van der Waals surface area contributed by atoms with E-state index in [0.29, 0.717) is 11.3 Å². The topological polar surface area (TPSA) is 69.6 Å². The predicted octanol–water partition coefficient (Wildman–Crippen LogP) is 3.35. The average molecular weight is 364 g/mol. The molecule has 0 spiro atoms. The second-order valence-electron chi connectivity index (χ2n) is 4.53. The van der Waals surface area contributed by atoms with Gasteiger partial charge >= 0.3 is 0 Å². The van der Waals surface area contributed by atoms with Crippen molar-refractivity contribution in [2.45, 2.75) is 17.9 Å². The van der Waals surface area contributed by atoms with Gasteiger partial charge in [-0.2, -0.15) is 0 Å². The number of rotatable bonds is 5. The number of hydrogen-bond acceptors (Lipinski definition) is 5. The van der Waals surface area contributed by atoms with Crippen LogP contribution in [0.4, 0.5) is 5.82 Å². The largest absolute Gasteiger partial charge is 0.382 e. The van der Waals surface area contributed by atoms with Gasteiger partial charge in [0.15, 0.2) is 11.5 Å². The van der Waals surface area contributed by atoms with Crippen LogP contribution in [-0.4, -0.2) is 25.3 Å². The van der Waals surface area contributed by atoms with E-state index in [0.717, 1.165) is 28.8 Å². The second kappa shape index (κ2) is 6.44. The molecule has 0 atom stereocenters. The van der Waals surface area contributed by atoms with Gasteiger partial charge in [-0.3, -0.25) is 0 Å². The first kappa shape index (κ1) is 14.3. The molecule has 0 aliphatic heterocycles. The number of anilines is 1. The third-order valence-electron chi connectivity index (χ3n) is 3.06. The molecule has 3 rings (SSSR count). The fourth-order valence-corrected chi connectivity index (χ4v) is 3.12. The number of hydrogen-bond donors (Lipinski definition) is 1. The molecule has 0 aliphatic rings. The maximum absolute atomic E-state index is 5.78. The second-order valence-corrected chi connectivity index (χ2v) is 6.61. The first-order chi connectivity index (χ1) is 10.2. The van der Waals surface area contributed by atoms with Crippen molar-refractivity contribution >= 4 is 44.7 Å². The zero-order valence-electron chi connectivity index (χ0n) is 11.2. The summed E-state index contributed by atoms with van der Waals surface area (Å²) in [7, 11) is 0. The minimum absolute atomic E-state index is 0.433. The van der Waals surface area contributed by atoms with E-state index in [1.807, 2.05) is 16.3 Å². The summed E-state index contributed by atoms with van der Waals surface area (Å²) < 4.78 is 3.13. The van der Waals surface area contributed by atoms with E-state index in [1.54, 1.807) is 6.33 Å². The van der Waals surface area contributed by atoms with E-state index in [4.69, 9.17) is 5.73 Å². The molecule has 3 aromatic rings. The Morgan fingerprint density at radius 2 is 1.95 bits per heavy atom. The number of aryl methyl sites for hydroxylation is 1. The van der Waals surface area contributed by atoms with Crippen LogP contribution in [0.25, 0.3) is 11.2 Å². The SMILES string of the molecule is Nc1ncnc2c1ncn2CCCSc1ccc(Br)cc1. The monoisotopic (exact) mass is 363 g/mol. The normalized spacial score (nSPS) is 11.1. The lowest BCUT2D eigenvalue weighted by molar-refractivity contribution is 0.696. The smallest absolute Gasteiger partial charge is 0.165 e. The van der Waals surface area contributed by atoms with Gasteiger partial charge in [-0.25, -0.2) is 15.0 Å². The van der Waals surface area contributed by atoms with E-state index in [9.17, 15) is 0 Å². The molecule has 0 amide bonds. The zero-order chi connectivity index (χ0) is 14.7. The number of halogens is 1. The Labute approximate surface area is 135 Å². The molecule has 0 saturated carbocycles. The van der Waals surface area contributed by atoms with Crippen molar-refractivity contribution in [2.75, 3.05) is 11.5 Å². The van der Waals surface area contributed by atoms with Crippen LogP contribution in [0.1, 0.15) is 6.42 Å². The first-order valence-electron chi connectivity index (χ1n) is 6.54. The van der Waals surface area contributed by atoms with Crippen LogP contribution < -0.4 is 5.73 Å². The Kier molecular flexibility index (Phi) is 4.40. The van der Waals surface area contributed by atoms with Gasteiger partial charge in [0.2, 0.25) is 0 Å². The van der Waals surface area contributed by atoms with Gasteiger partial charge in [0.1, 0.15) is 11.8 Å². The van der Waals surface area contributed by atoms with Crippen molar-refractivity contribution in [1.29, 1.82) is 0 Å². The van der Waals surface area contributed by atoms with E-state index in [2.05, 4.69) is 55.1 Å². The van der Waals surface area contributed by atoms with Crippen LogP contribution in [0.2, 0.25) is 0 Å². The lowest BCUT2D eigenvalue weighted by atomic mass is 10.4. The molecule has 5 nitrogen and oxygen atoms in total. The maximum Gasteiger partial charge on any atom is 0.165 e. The quantitative estimate of drug-likeness (QED) is 0.555. The van der Waals surface area contributed by atoms with Crippen molar-refractivity contribution in [3.63, 3.8) is 0 Å². The molecule has 0 radical (unpaired) electrons.